The molecule has 2 N–H and O–H groups in total. The molecule has 0 saturated heterocycles. The predicted molar refractivity (Wildman–Crippen MR) is 69.5 cm³/mol. The van der Waals surface area contributed by atoms with Gasteiger partial charge in [0.15, 0.2) is 11.6 Å². The van der Waals surface area contributed by atoms with Crippen molar-refractivity contribution in [3.8, 4) is 11.6 Å². The fourth-order valence-corrected chi connectivity index (χ4v) is 1.95. The van der Waals surface area contributed by atoms with Gasteiger partial charge in [0, 0.05) is 18.8 Å². The van der Waals surface area contributed by atoms with E-state index >= 15 is 0 Å². The Labute approximate surface area is 113 Å². The van der Waals surface area contributed by atoms with Crippen LogP contribution >= 0.6 is 0 Å². The minimum absolute atomic E-state index is 0.164. The second-order valence-electron chi connectivity index (χ2n) is 4.17. The molecular formula is C14H11F2N3O. The highest BCUT2D eigenvalue weighted by Crippen LogP contribution is 2.28. The van der Waals surface area contributed by atoms with E-state index in [1.807, 2.05) is 12.1 Å². The first-order valence-corrected chi connectivity index (χ1v) is 5.98. The molecule has 102 valence electrons. The standard InChI is InChI=1S/C14H11F2N3O/c15-9-4-5-10(16)12(7-9)20-14-11(8-17)19-6-2-1-3-13(19)18-14/h1-7H,8,17H2. The SMILES string of the molecule is NCc1c(Oc2cc(F)ccc2F)nc2ccccn12. The van der Waals surface area contributed by atoms with E-state index in [0.29, 0.717) is 11.3 Å². The summed E-state index contributed by atoms with van der Waals surface area (Å²) in [6.45, 7) is 0.164. The maximum Gasteiger partial charge on any atom is 0.242 e. The molecule has 0 amide bonds. The molecule has 0 atom stereocenters. The van der Waals surface area contributed by atoms with E-state index in [2.05, 4.69) is 4.98 Å². The molecule has 2 aromatic heterocycles. The van der Waals surface area contributed by atoms with Gasteiger partial charge in [0.25, 0.3) is 0 Å². The van der Waals surface area contributed by atoms with Crippen LogP contribution < -0.4 is 10.5 Å². The maximum atomic E-state index is 13.6. The first-order chi connectivity index (χ1) is 9.69. The van der Waals surface area contributed by atoms with Crippen LogP contribution in [0.4, 0.5) is 8.78 Å². The Kier molecular flexibility index (Phi) is 3.08. The largest absolute Gasteiger partial charge is 0.434 e. The van der Waals surface area contributed by atoms with E-state index < -0.39 is 11.6 Å². The van der Waals surface area contributed by atoms with E-state index in [0.717, 1.165) is 18.2 Å². The Bertz CT molecular complexity index is 770. The van der Waals surface area contributed by atoms with Crippen LogP contribution in [0.1, 0.15) is 5.69 Å². The van der Waals surface area contributed by atoms with Gasteiger partial charge in [-0.25, -0.2) is 8.78 Å². The Morgan fingerprint density at radius 1 is 1.20 bits per heavy atom. The number of nitrogens with two attached hydrogens (primary N) is 1. The van der Waals surface area contributed by atoms with Gasteiger partial charge < -0.3 is 10.5 Å². The summed E-state index contributed by atoms with van der Waals surface area (Å²) in [5.41, 5.74) is 6.89. The molecule has 0 bridgehead atoms. The predicted octanol–water partition coefficient (Wildman–Crippen LogP) is 2.86. The third-order valence-corrected chi connectivity index (χ3v) is 2.89. The van der Waals surface area contributed by atoms with E-state index in [1.165, 1.54) is 0 Å². The summed E-state index contributed by atoms with van der Waals surface area (Å²) >= 11 is 0. The van der Waals surface area contributed by atoms with E-state index in [4.69, 9.17) is 10.5 Å². The number of benzene rings is 1. The molecule has 0 unspecified atom stereocenters. The second kappa shape index (κ2) is 4.90. The zero-order valence-corrected chi connectivity index (χ0v) is 10.4. The molecule has 2 heterocycles. The van der Waals surface area contributed by atoms with Crippen LogP contribution in [0.15, 0.2) is 42.6 Å². The first kappa shape index (κ1) is 12.6. The van der Waals surface area contributed by atoms with Gasteiger partial charge >= 0.3 is 0 Å². The van der Waals surface area contributed by atoms with Crippen molar-refractivity contribution in [1.29, 1.82) is 0 Å². The summed E-state index contributed by atoms with van der Waals surface area (Å²) in [7, 11) is 0. The number of fused-ring (bicyclic) bond motifs is 1. The normalized spacial score (nSPS) is 10.9. The number of rotatable bonds is 3. The monoisotopic (exact) mass is 275 g/mol. The van der Waals surface area contributed by atoms with Crippen LogP contribution in [0.3, 0.4) is 0 Å². The van der Waals surface area contributed by atoms with Crippen molar-refractivity contribution >= 4 is 5.65 Å². The van der Waals surface area contributed by atoms with Gasteiger partial charge in [0.2, 0.25) is 5.88 Å². The molecule has 0 aliphatic heterocycles. The lowest BCUT2D eigenvalue weighted by Gasteiger charge is -2.06. The molecule has 0 aliphatic carbocycles. The summed E-state index contributed by atoms with van der Waals surface area (Å²) in [5.74, 6) is -1.29. The van der Waals surface area contributed by atoms with Crippen molar-refractivity contribution in [2.45, 2.75) is 6.54 Å². The van der Waals surface area contributed by atoms with Gasteiger partial charge in [0.05, 0.1) is 0 Å². The van der Waals surface area contributed by atoms with Gasteiger partial charge in [-0.3, -0.25) is 4.40 Å². The molecule has 1 aromatic carbocycles. The minimum Gasteiger partial charge on any atom is -0.434 e. The Hall–Kier alpha value is -2.47. The van der Waals surface area contributed by atoms with Crippen LogP contribution in [0.5, 0.6) is 11.6 Å². The Morgan fingerprint density at radius 3 is 2.85 bits per heavy atom. The number of halogens is 2. The van der Waals surface area contributed by atoms with Gasteiger partial charge in [-0.2, -0.15) is 4.98 Å². The van der Waals surface area contributed by atoms with Crippen molar-refractivity contribution in [3.63, 3.8) is 0 Å². The summed E-state index contributed by atoms with van der Waals surface area (Å²) in [5, 5.41) is 0. The summed E-state index contributed by atoms with van der Waals surface area (Å²) in [6.07, 6.45) is 1.78. The molecule has 0 saturated carbocycles. The molecule has 6 heteroatoms. The molecule has 3 aromatic rings. The van der Waals surface area contributed by atoms with E-state index in [1.54, 1.807) is 16.7 Å². The second-order valence-corrected chi connectivity index (χ2v) is 4.17. The highest BCUT2D eigenvalue weighted by molar-refractivity contribution is 5.46. The van der Waals surface area contributed by atoms with Crippen molar-refractivity contribution in [2.75, 3.05) is 0 Å². The fourth-order valence-electron chi connectivity index (χ4n) is 1.95. The van der Waals surface area contributed by atoms with Crippen molar-refractivity contribution in [2.24, 2.45) is 5.73 Å². The number of pyridine rings is 1. The zero-order chi connectivity index (χ0) is 14.1. The lowest BCUT2D eigenvalue weighted by molar-refractivity contribution is 0.420. The smallest absolute Gasteiger partial charge is 0.242 e. The third-order valence-electron chi connectivity index (χ3n) is 2.89. The van der Waals surface area contributed by atoms with Gasteiger partial charge in [-0.15, -0.1) is 0 Å². The topological polar surface area (TPSA) is 52.5 Å². The summed E-state index contributed by atoms with van der Waals surface area (Å²) < 4.78 is 33.8. The average molecular weight is 275 g/mol. The van der Waals surface area contributed by atoms with Crippen LogP contribution in [0.25, 0.3) is 5.65 Å². The highest BCUT2D eigenvalue weighted by atomic mass is 19.1. The Morgan fingerprint density at radius 2 is 2.05 bits per heavy atom. The minimum atomic E-state index is -0.661. The molecule has 20 heavy (non-hydrogen) atoms. The van der Waals surface area contributed by atoms with Gasteiger partial charge in [-0.1, -0.05) is 6.07 Å². The average Bonchev–Trinajstić information content (AvgIpc) is 2.80. The van der Waals surface area contributed by atoms with Crippen molar-refractivity contribution < 1.29 is 13.5 Å². The molecular weight excluding hydrogens is 264 g/mol. The number of ether oxygens (including phenoxy) is 1. The first-order valence-electron chi connectivity index (χ1n) is 5.98. The van der Waals surface area contributed by atoms with Gasteiger partial charge in [0.1, 0.15) is 17.2 Å². The quantitative estimate of drug-likeness (QED) is 0.799. The van der Waals surface area contributed by atoms with Crippen LogP contribution in [0, 0.1) is 11.6 Å². The molecule has 4 nitrogen and oxygen atoms in total. The van der Waals surface area contributed by atoms with Crippen molar-refractivity contribution in [3.05, 3.63) is 59.9 Å². The number of imidazole rings is 1. The lowest BCUT2D eigenvalue weighted by atomic mass is 10.3. The van der Waals surface area contributed by atoms with Crippen LogP contribution in [-0.2, 0) is 6.54 Å². The molecule has 3 rings (SSSR count). The molecule has 0 radical (unpaired) electrons. The molecule has 0 aliphatic rings. The molecule has 0 fully saturated rings. The van der Waals surface area contributed by atoms with Crippen molar-refractivity contribution in [1.82, 2.24) is 9.38 Å². The number of hydrogen-bond donors (Lipinski definition) is 1. The highest BCUT2D eigenvalue weighted by Gasteiger charge is 2.15. The lowest BCUT2D eigenvalue weighted by Crippen LogP contribution is -2.02. The number of nitrogens with zero attached hydrogens (tertiary/aromatic N) is 2. The molecule has 0 spiro atoms. The number of hydrogen-bond acceptors (Lipinski definition) is 3. The fraction of sp³-hybridized carbons (Fsp3) is 0.0714. The number of aromatic nitrogens is 2. The summed E-state index contributed by atoms with van der Waals surface area (Å²) in [6, 6.07) is 8.40. The summed E-state index contributed by atoms with van der Waals surface area (Å²) in [4.78, 5) is 4.22. The van der Waals surface area contributed by atoms with Crippen LogP contribution in [-0.4, -0.2) is 9.38 Å². The van der Waals surface area contributed by atoms with Crippen LogP contribution in [0.2, 0.25) is 0 Å². The Balaban J connectivity index is 2.08. The zero-order valence-electron chi connectivity index (χ0n) is 10.4. The maximum absolute atomic E-state index is 13.6. The third kappa shape index (κ3) is 2.10. The van der Waals surface area contributed by atoms with Gasteiger partial charge in [-0.05, 0) is 24.3 Å². The van der Waals surface area contributed by atoms with E-state index in [-0.39, 0.29) is 18.2 Å². The van der Waals surface area contributed by atoms with E-state index in [9.17, 15) is 8.78 Å².